The number of benzene rings is 2. The second-order valence-corrected chi connectivity index (χ2v) is 8.75. The van der Waals surface area contributed by atoms with Crippen molar-refractivity contribution in [1.29, 1.82) is 0 Å². The summed E-state index contributed by atoms with van der Waals surface area (Å²) >= 11 is 0. The largest absolute Gasteiger partial charge is 0.308 e. The minimum atomic E-state index is -3.47. The molecule has 0 spiro atoms. The molecule has 2 aromatic carbocycles. The number of nitrogens with zero attached hydrogens (tertiary/aromatic N) is 2. The minimum absolute atomic E-state index is 0.0422. The third-order valence-electron chi connectivity index (χ3n) is 4.58. The first kappa shape index (κ1) is 17.6. The van der Waals surface area contributed by atoms with Crippen LogP contribution in [0.3, 0.4) is 0 Å². The van der Waals surface area contributed by atoms with Crippen molar-refractivity contribution in [2.75, 3.05) is 25.5 Å². The van der Waals surface area contributed by atoms with Gasteiger partial charge in [-0.3, -0.25) is 4.79 Å². The van der Waals surface area contributed by atoms with E-state index in [1.165, 1.54) is 18.4 Å². The molecule has 1 aliphatic heterocycles. The topological polar surface area (TPSA) is 57.7 Å². The monoisotopic (exact) mass is 358 g/mol. The lowest BCUT2D eigenvalue weighted by atomic mass is 10.0. The highest BCUT2D eigenvalue weighted by atomic mass is 32.2. The fraction of sp³-hybridized carbons (Fsp3) is 0.316. The standard InChI is InChI=1S/C19H22N2O3S/c1-13-5-7-17(14(2)11-13)19(22)21-10-9-15-12-16(6-8-18(15)21)25(23,24)20(3)4/h5-8,11-12H,9-10H2,1-4H3. The van der Waals surface area contributed by atoms with Gasteiger partial charge in [-0.25, -0.2) is 12.7 Å². The van der Waals surface area contributed by atoms with Crippen molar-refractivity contribution in [1.82, 2.24) is 4.31 Å². The van der Waals surface area contributed by atoms with Crippen LogP contribution in [-0.2, 0) is 16.4 Å². The number of anilines is 1. The van der Waals surface area contributed by atoms with Crippen LogP contribution < -0.4 is 4.90 Å². The molecule has 0 aliphatic carbocycles. The highest BCUT2D eigenvalue weighted by Gasteiger charge is 2.28. The lowest BCUT2D eigenvalue weighted by Crippen LogP contribution is -2.29. The minimum Gasteiger partial charge on any atom is -0.308 e. The van der Waals surface area contributed by atoms with E-state index >= 15 is 0 Å². The molecule has 25 heavy (non-hydrogen) atoms. The van der Waals surface area contributed by atoms with Gasteiger partial charge in [0.2, 0.25) is 10.0 Å². The van der Waals surface area contributed by atoms with Crippen LogP contribution >= 0.6 is 0 Å². The lowest BCUT2D eigenvalue weighted by Gasteiger charge is -2.19. The molecule has 0 aromatic heterocycles. The van der Waals surface area contributed by atoms with E-state index in [1.807, 2.05) is 32.0 Å². The van der Waals surface area contributed by atoms with Crippen LogP contribution in [0.15, 0.2) is 41.3 Å². The Kier molecular flexibility index (Phi) is 4.43. The zero-order chi connectivity index (χ0) is 18.4. The van der Waals surface area contributed by atoms with Crippen molar-refractivity contribution >= 4 is 21.6 Å². The number of carbonyl (C=O) groups is 1. The second kappa shape index (κ2) is 6.28. The molecule has 132 valence electrons. The van der Waals surface area contributed by atoms with Crippen molar-refractivity contribution in [2.24, 2.45) is 0 Å². The molecule has 0 N–H and O–H groups in total. The van der Waals surface area contributed by atoms with Crippen LogP contribution in [0.25, 0.3) is 0 Å². The molecule has 1 amide bonds. The van der Waals surface area contributed by atoms with E-state index in [9.17, 15) is 13.2 Å². The normalized spacial score (nSPS) is 14.0. The summed E-state index contributed by atoms with van der Waals surface area (Å²) in [6, 6.07) is 10.8. The van der Waals surface area contributed by atoms with Crippen LogP contribution in [0, 0.1) is 13.8 Å². The molecule has 3 rings (SSSR count). The van der Waals surface area contributed by atoms with E-state index in [4.69, 9.17) is 0 Å². The lowest BCUT2D eigenvalue weighted by molar-refractivity contribution is 0.0989. The third-order valence-corrected chi connectivity index (χ3v) is 6.39. The SMILES string of the molecule is Cc1ccc(C(=O)N2CCc3cc(S(=O)(=O)N(C)C)ccc32)c(C)c1. The molecule has 0 saturated heterocycles. The molecule has 2 aromatic rings. The van der Waals surface area contributed by atoms with Gasteiger partial charge in [-0.1, -0.05) is 17.7 Å². The summed E-state index contributed by atoms with van der Waals surface area (Å²) in [7, 11) is -0.445. The Hall–Kier alpha value is -2.18. The summed E-state index contributed by atoms with van der Waals surface area (Å²) in [5.41, 5.74) is 4.44. The summed E-state index contributed by atoms with van der Waals surface area (Å²) in [6.07, 6.45) is 0.656. The quantitative estimate of drug-likeness (QED) is 0.848. The molecule has 0 fully saturated rings. The maximum Gasteiger partial charge on any atom is 0.258 e. The van der Waals surface area contributed by atoms with Gasteiger partial charge in [-0.05, 0) is 55.7 Å². The molecular weight excluding hydrogens is 336 g/mol. The number of hydrogen-bond donors (Lipinski definition) is 0. The first-order chi connectivity index (χ1) is 11.7. The average molecular weight is 358 g/mol. The maximum absolute atomic E-state index is 12.9. The van der Waals surface area contributed by atoms with Crippen molar-refractivity contribution in [3.63, 3.8) is 0 Å². The van der Waals surface area contributed by atoms with Crippen LogP contribution in [0.1, 0.15) is 27.0 Å². The Balaban J connectivity index is 1.96. The van der Waals surface area contributed by atoms with Crippen LogP contribution in [0.2, 0.25) is 0 Å². The van der Waals surface area contributed by atoms with Crippen LogP contribution in [0.5, 0.6) is 0 Å². The van der Waals surface area contributed by atoms with E-state index in [0.29, 0.717) is 18.5 Å². The molecule has 1 aliphatic rings. The fourth-order valence-electron chi connectivity index (χ4n) is 3.16. The van der Waals surface area contributed by atoms with Gasteiger partial charge in [0.15, 0.2) is 0 Å². The Bertz CT molecular complexity index is 949. The molecule has 1 heterocycles. The molecule has 0 unspecified atom stereocenters. The Morgan fingerprint density at radius 3 is 2.44 bits per heavy atom. The summed E-state index contributed by atoms with van der Waals surface area (Å²) < 4.78 is 25.8. The fourth-order valence-corrected chi connectivity index (χ4v) is 4.11. The first-order valence-corrected chi connectivity index (χ1v) is 9.60. The van der Waals surface area contributed by atoms with Crippen molar-refractivity contribution < 1.29 is 13.2 Å². The molecule has 0 atom stereocenters. The van der Waals surface area contributed by atoms with Gasteiger partial charge in [0, 0.05) is 31.9 Å². The second-order valence-electron chi connectivity index (χ2n) is 6.60. The van der Waals surface area contributed by atoms with Crippen LogP contribution in [-0.4, -0.2) is 39.3 Å². The zero-order valence-electron chi connectivity index (χ0n) is 14.9. The van der Waals surface area contributed by atoms with E-state index in [0.717, 1.165) is 22.4 Å². The van der Waals surface area contributed by atoms with Gasteiger partial charge in [0.1, 0.15) is 0 Å². The van der Waals surface area contributed by atoms with E-state index < -0.39 is 10.0 Å². The van der Waals surface area contributed by atoms with Gasteiger partial charge in [0.25, 0.3) is 5.91 Å². The first-order valence-electron chi connectivity index (χ1n) is 8.16. The summed E-state index contributed by atoms with van der Waals surface area (Å²) in [5.74, 6) is -0.0422. The molecule has 0 saturated carbocycles. The average Bonchev–Trinajstić information content (AvgIpc) is 2.97. The van der Waals surface area contributed by atoms with E-state index in [2.05, 4.69) is 0 Å². The summed E-state index contributed by atoms with van der Waals surface area (Å²) in [6.45, 7) is 4.50. The summed E-state index contributed by atoms with van der Waals surface area (Å²) in [4.78, 5) is 14.9. The van der Waals surface area contributed by atoms with Crippen molar-refractivity contribution in [2.45, 2.75) is 25.2 Å². The van der Waals surface area contributed by atoms with Crippen molar-refractivity contribution in [3.8, 4) is 0 Å². The number of fused-ring (bicyclic) bond motifs is 1. The van der Waals surface area contributed by atoms with Gasteiger partial charge >= 0.3 is 0 Å². The predicted molar refractivity (Wildman–Crippen MR) is 98.6 cm³/mol. The number of rotatable bonds is 3. The summed E-state index contributed by atoms with van der Waals surface area (Å²) in [5, 5.41) is 0. The zero-order valence-corrected chi connectivity index (χ0v) is 15.7. The maximum atomic E-state index is 12.9. The number of amides is 1. The van der Waals surface area contributed by atoms with Gasteiger partial charge in [-0.15, -0.1) is 0 Å². The third kappa shape index (κ3) is 3.07. The van der Waals surface area contributed by atoms with Gasteiger partial charge in [0.05, 0.1) is 4.90 Å². The Morgan fingerprint density at radius 2 is 1.80 bits per heavy atom. The van der Waals surface area contributed by atoms with Gasteiger partial charge in [-0.2, -0.15) is 0 Å². The molecule has 5 nitrogen and oxygen atoms in total. The predicted octanol–water partition coefficient (Wildman–Crippen LogP) is 2.76. The number of hydrogen-bond acceptors (Lipinski definition) is 3. The number of carbonyl (C=O) groups excluding carboxylic acids is 1. The number of sulfonamides is 1. The van der Waals surface area contributed by atoms with E-state index in [1.54, 1.807) is 23.1 Å². The van der Waals surface area contributed by atoms with E-state index in [-0.39, 0.29) is 10.8 Å². The number of aryl methyl sites for hydroxylation is 2. The van der Waals surface area contributed by atoms with Crippen LogP contribution in [0.4, 0.5) is 5.69 Å². The molecule has 6 heteroatoms. The van der Waals surface area contributed by atoms with Crippen molar-refractivity contribution in [3.05, 3.63) is 58.7 Å². The molecule has 0 radical (unpaired) electrons. The highest BCUT2D eigenvalue weighted by Crippen LogP contribution is 2.32. The smallest absolute Gasteiger partial charge is 0.258 e. The Morgan fingerprint density at radius 1 is 1.08 bits per heavy atom. The van der Waals surface area contributed by atoms with Gasteiger partial charge < -0.3 is 4.90 Å². The highest BCUT2D eigenvalue weighted by molar-refractivity contribution is 7.89. The Labute approximate surface area is 148 Å². The molecular formula is C19H22N2O3S. The molecule has 0 bridgehead atoms.